The highest BCUT2D eigenvalue weighted by molar-refractivity contribution is 14.1. The van der Waals surface area contributed by atoms with Gasteiger partial charge in [-0.05, 0) is 25.5 Å². The molecule has 0 heterocycles. The van der Waals surface area contributed by atoms with E-state index in [1.54, 1.807) is 0 Å². The molecule has 0 spiro atoms. The molecule has 0 aliphatic carbocycles. The average molecular weight is 325 g/mol. The fourth-order valence-electron chi connectivity index (χ4n) is 0.927. The van der Waals surface area contributed by atoms with Crippen molar-refractivity contribution in [1.29, 1.82) is 0 Å². The largest absolute Gasteiger partial charge is 0.370 e. The van der Waals surface area contributed by atoms with Crippen LogP contribution in [0.2, 0.25) is 5.02 Å². The lowest BCUT2D eigenvalue weighted by molar-refractivity contribution is -0.00903. The fourth-order valence-corrected chi connectivity index (χ4v) is 1.34. The van der Waals surface area contributed by atoms with E-state index in [-0.39, 0.29) is 5.60 Å². The zero-order valence-corrected chi connectivity index (χ0v) is 11.3. The van der Waals surface area contributed by atoms with Gasteiger partial charge in [0.05, 0.1) is 12.2 Å². The molecule has 0 saturated carbocycles. The Bertz CT molecular complexity index is 299. The van der Waals surface area contributed by atoms with Gasteiger partial charge < -0.3 is 4.74 Å². The highest BCUT2D eigenvalue weighted by atomic mass is 127. The van der Waals surface area contributed by atoms with Crippen LogP contribution in [0.5, 0.6) is 0 Å². The smallest absolute Gasteiger partial charge is 0.0738 e. The second kappa shape index (κ2) is 5.33. The molecule has 3 heteroatoms. The van der Waals surface area contributed by atoms with Crippen molar-refractivity contribution in [3.05, 3.63) is 34.9 Å². The third-order valence-electron chi connectivity index (χ3n) is 1.90. The van der Waals surface area contributed by atoms with Gasteiger partial charge in [0.1, 0.15) is 0 Å². The Balaban J connectivity index is 2.58. The fraction of sp³-hybridized carbons (Fsp3) is 0.455. The molecule has 1 aromatic carbocycles. The van der Waals surface area contributed by atoms with Crippen molar-refractivity contribution in [3.63, 3.8) is 0 Å². The van der Waals surface area contributed by atoms with Gasteiger partial charge in [0.25, 0.3) is 0 Å². The van der Waals surface area contributed by atoms with Gasteiger partial charge in [0.2, 0.25) is 0 Å². The zero-order valence-electron chi connectivity index (χ0n) is 8.39. The molecule has 0 bridgehead atoms. The summed E-state index contributed by atoms with van der Waals surface area (Å²) in [5, 5.41) is 0.775. The standard InChI is InChI=1S/C11H14ClIO/c1-11(2,8-13)14-7-9-5-3-4-6-10(9)12/h3-6H,7-8H2,1-2H3. The topological polar surface area (TPSA) is 9.23 Å². The molecule has 0 atom stereocenters. The molecule has 1 rings (SSSR count). The summed E-state index contributed by atoms with van der Waals surface area (Å²) >= 11 is 8.34. The van der Waals surface area contributed by atoms with E-state index < -0.39 is 0 Å². The first-order chi connectivity index (χ1) is 6.55. The molecule has 14 heavy (non-hydrogen) atoms. The van der Waals surface area contributed by atoms with Crippen molar-refractivity contribution in [1.82, 2.24) is 0 Å². The van der Waals surface area contributed by atoms with E-state index in [4.69, 9.17) is 16.3 Å². The van der Waals surface area contributed by atoms with Gasteiger partial charge >= 0.3 is 0 Å². The quantitative estimate of drug-likeness (QED) is 0.599. The maximum atomic E-state index is 6.01. The van der Waals surface area contributed by atoms with Crippen molar-refractivity contribution >= 4 is 34.2 Å². The molecule has 0 radical (unpaired) electrons. The van der Waals surface area contributed by atoms with E-state index in [0.717, 1.165) is 15.0 Å². The molecule has 0 aliphatic heterocycles. The minimum Gasteiger partial charge on any atom is -0.370 e. The summed E-state index contributed by atoms with van der Waals surface area (Å²) in [5.41, 5.74) is 0.965. The number of benzene rings is 1. The molecule has 0 unspecified atom stereocenters. The molecular weight excluding hydrogens is 310 g/mol. The first-order valence-electron chi connectivity index (χ1n) is 4.48. The maximum Gasteiger partial charge on any atom is 0.0738 e. The van der Waals surface area contributed by atoms with Gasteiger partial charge in [-0.3, -0.25) is 0 Å². The summed E-state index contributed by atoms with van der Waals surface area (Å²) in [4.78, 5) is 0. The van der Waals surface area contributed by atoms with Crippen LogP contribution >= 0.6 is 34.2 Å². The first kappa shape index (κ1) is 12.3. The molecule has 0 saturated heterocycles. The van der Waals surface area contributed by atoms with Crippen LogP contribution in [0, 0.1) is 0 Å². The molecule has 0 aromatic heterocycles. The van der Waals surface area contributed by atoms with E-state index in [9.17, 15) is 0 Å². The Morgan fingerprint density at radius 3 is 2.57 bits per heavy atom. The van der Waals surface area contributed by atoms with Crippen LogP contribution in [0.15, 0.2) is 24.3 Å². The summed E-state index contributed by atoms with van der Waals surface area (Å²) < 4.78 is 6.72. The molecule has 0 amide bonds. The number of halogens is 2. The molecule has 78 valence electrons. The van der Waals surface area contributed by atoms with Crippen molar-refractivity contribution in [2.24, 2.45) is 0 Å². The van der Waals surface area contributed by atoms with Gasteiger partial charge in [-0.25, -0.2) is 0 Å². The Morgan fingerprint density at radius 2 is 2.00 bits per heavy atom. The van der Waals surface area contributed by atoms with Crippen LogP contribution in [0.4, 0.5) is 0 Å². The molecule has 0 fully saturated rings. The van der Waals surface area contributed by atoms with Crippen LogP contribution < -0.4 is 0 Å². The zero-order chi connectivity index (χ0) is 10.6. The third kappa shape index (κ3) is 3.75. The van der Waals surface area contributed by atoms with Crippen LogP contribution in [0.1, 0.15) is 19.4 Å². The van der Waals surface area contributed by atoms with Crippen molar-refractivity contribution < 1.29 is 4.74 Å². The summed E-state index contributed by atoms with van der Waals surface area (Å²) in [6.07, 6.45) is 0. The molecule has 0 N–H and O–H groups in total. The first-order valence-corrected chi connectivity index (χ1v) is 6.39. The number of rotatable bonds is 4. The second-order valence-electron chi connectivity index (χ2n) is 3.77. The van der Waals surface area contributed by atoms with E-state index in [0.29, 0.717) is 6.61 Å². The van der Waals surface area contributed by atoms with Crippen LogP contribution in [0.25, 0.3) is 0 Å². The van der Waals surface area contributed by atoms with Gasteiger partial charge in [-0.1, -0.05) is 52.4 Å². The maximum absolute atomic E-state index is 6.01. The van der Waals surface area contributed by atoms with Gasteiger partial charge in [0, 0.05) is 9.45 Å². The molecule has 1 nitrogen and oxygen atoms in total. The molecule has 0 aliphatic rings. The van der Waals surface area contributed by atoms with Crippen molar-refractivity contribution in [2.75, 3.05) is 4.43 Å². The van der Waals surface area contributed by atoms with Gasteiger partial charge in [-0.15, -0.1) is 0 Å². The number of hydrogen-bond donors (Lipinski definition) is 0. The van der Waals surface area contributed by atoms with Gasteiger partial charge in [-0.2, -0.15) is 0 Å². The number of ether oxygens (including phenoxy) is 1. The minimum atomic E-state index is -0.0836. The average Bonchev–Trinajstić information content (AvgIpc) is 2.17. The highest BCUT2D eigenvalue weighted by Gasteiger charge is 2.16. The summed E-state index contributed by atoms with van der Waals surface area (Å²) in [6.45, 7) is 4.74. The monoisotopic (exact) mass is 324 g/mol. The number of hydrogen-bond acceptors (Lipinski definition) is 1. The summed E-state index contributed by atoms with van der Waals surface area (Å²) in [7, 11) is 0. The van der Waals surface area contributed by atoms with Crippen LogP contribution in [-0.2, 0) is 11.3 Å². The number of alkyl halides is 1. The Labute approximate surface area is 104 Å². The molecule has 1 aromatic rings. The highest BCUT2D eigenvalue weighted by Crippen LogP contribution is 2.20. The van der Waals surface area contributed by atoms with Crippen molar-refractivity contribution in [3.8, 4) is 0 Å². The summed E-state index contributed by atoms with van der Waals surface area (Å²) in [6, 6.07) is 7.78. The predicted molar refractivity (Wildman–Crippen MR) is 69.2 cm³/mol. The van der Waals surface area contributed by atoms with Gasteiger partial charge in [0.15, 0.2) is 0 Å². The van der Waals surface area contributed by atoms with Crippen molar-refractivity contribution in [2.45, 2.75) is 26.1 Å². The normalized spacial score (nSPS) is 11.7. The molecular formula is C11H14ClIO. The van der Waals surface area contributed by atoms with E-state index in [1.165, 1.54) is 0 Å². The van der Waals surface area contributed by atoms with E-state index in [1.807, 2.05) is 24.3 Å². The lowest BCUT2D eigenvalue weighted by Gasteiger charge is -2.22. The Kier molecular flexibility index (Phi) is 4.67. The Hall–Kier alpha value is 0.200. The lowest BCUT2D eigenvalue weighted by Crippen LogP contribution is -2.25. The lowest BCUT2D eigenvalue weighted by atomic mass is 10.2. The minimum absolute atomic E-state index is 0.0836. The van der Waals surface area contributed by atoms with Crippen LogP contribution in [-0.4, -0.2) is 10.0 Å². The Morgan fingerprint density at radius 1 is 1.36 bits per heavy atom. The van der Waals surface area contributed by atoms with Crippen LogP contribution in [0.3, 0.4) is 0 Å². The SMILES string of the molecule is CC(C)(CI)OCc1ccccc1Cl. The van der Waals surface area contributed by atoms with E-state index >= 15 is 0 Å². The summed E-state index contributed by atoms with van der Waals surface area (Å²) in [5.74, 6) is 0. The van der Waals surface area contributed by atoms with E-state index in [2.05, 4.69) is 36.4 Å². The second-order valence-corrected chi connectivity index (χ2v) is 4.94. The predicted octanol–water partition coefficient (Wildman–Crippen LogP) is 4.07. The third-order valence-corrected chi connectivity index (χ3v) is 4.10.